The number of nitrogens with one attached hydrogen (secondary N) is 1. The number of carbonyl (C=O) groups is 1. The summed E-state index contributed by atoms with van der Waals surface area (Å²) in [4.78, 5) is 17.6. The lowest BCUT2D eigenvalue weighted by molar-refractivity contribution is -0.128. The van der Waals surface area contributed by atoms with Gasteiger partial charge in [-0.15, -0.1) is 0 Å². The first kappa shape index (κ1) is 23.1. The molecule has 1 N–H and O–H groups in total. The van der Waals surface area contributed by atoms with Gasteiger partial charge in [-0.3, -0.25) is 4.79 Å². The van der Waals surface area contributed by atoms with Crippen molar-refractivity contribution < 1.29 is 13.9 Å². The lowest BCUT2D eigenvalue weighted by Crippen LogP contribution is -2.42. The Morgan fingerprint density at radius 3 is 2.33 bits per heavy atom. The molecular formula is C27H27BrN2O3. The number of aromatic nitrogens is 1. The second-order valence-electron chi connectivity index (χ2n) is 9.52. The molecule has 0 unspecified atom stereocenters. The molecule has 6 heteroatoms. The van der Waals surface area contributed by atoms with E-state index in [-0.39, 0.29) is 11.3 Å². The van der Waals surface area contributed by atoms with Crippen molar-refractivity contribution in [3.05, 3.63) is 76.8 Å². The van der Waals surface area contributed by atoms with Gasteiger partial charge in [0.25, 0.3) is 5.91 Å². The number of hydrogen-bond donors (Lipinski definition) is 1. The summed E-state index contributed by atoms with van der Waals surface area (Å²) >= 11 is 3.53. The van der Waals surface area contributed by atoms with Crippen LogP contribution in [0.4, 0.5) is 5.69 Å². The topological polar surface area (TPSA) is 64.4 Å². The zero-order valence-electron chi connectivity index (χ0n) is 19.4. The number of anilines is 1. The van der Waals surface area contributed by atoms with E-state index in [4.69, 9.17) is 9.15 Å². The summed E-state index contributed by atoms with van der Waals surface area (Å²) in [5, 5.41) is 2.94. The number of fused-ring (bicyclic) bond motifs is 1. The molecule has 33 heavy (non-hydrogen) atoms. The number of halogens is 1. The molecule has 1 heterocycles. The molecule has 4 rings (SSSR count). The van der Waals surface area contributed by atoms with Crippen LogP contribution in [0.2, 0.25) is 0 Å². The molecule has 0 atom stereocenters. The molecule has 0 saturated carbocycles. The maximum absolute atomic E-state index is 13.0. The van der Waals surface area contributed by atoms with Crippen LogP contribution in [-0.2, 0) is 10.2 Å². The standard InChI is InChI=1S/C27H27BrN2O3/c1-26(2,3)17-10-13-19(14-11-17)33-27(4,5)25(31)29-18-12-15-23-22(16-18)30-24(32-23)20-8-6-7-9-21(20)28/h6-16H,1-5H3,(H,29,31). The zero-order chi connectivity index (χ0) is 23.8. The maximum Gasteiger partial charge on any atom is 0.267 e. The molecule has 0 fully saturated rings. The molecule has 0 saturated heterocycles. The monoisotopic (exact) mass is 506 g/mol. The van der Waals surface area contributed by atoms with Crippen LogP contribution in [0.15, 0.2) is 75.6 Å². The summed E-state index contributed by atoms with van der Waals surface area (Å²) in [5.41, 5.74) is 3.00. The first-order valence-electron chi connectivity index (χ1n) is 10.8. The number of benzene rings is 3. The van der Waals surface area contributed by atoms with E-state index in [9.17, 15) is 4.79 Å². The highest BCUT2D eigenvalue weighted by Gasteiger charge is 2.30. The smallest absolute Gasteiger partial charge is 0.267 e. The Balaban J connectivity index is 1.50. The lowest BCUT2D eigenvalue weighted by atomic mass is 9.87. The minimum Gasteiger partial charge on any atom is -0.478 e. The fourth-order valence-electron chi connectivity index (χ4n) is 3.40. The Labute approximate surface area is 202 Å². The Bertz CT molecular complexity index is 1300. The van der Waals surface area contributed by atoms with Crippen molar-refractivity contribution in [3.8, 4) is 17.2 Å². The van der Waals surface area contributed by atoms with E-state index >= 15 is 0 Å². The highest BCUT2D eigenvalue weighted by atomic mass is 79.9. The normalized spacial score (nSPS) is 12.1. The predicted molar refractivity (Wildman–Crippen MR) is 136 cm³/mol. The largest absolute Gasteiger partial charge is 0.478 e. The van der Waals surface area contributed by atoms with E-state index < -0.39 is 5.60 Å². The summed E-state index contributed by atoms with van der Waals surface area (Å²) in [6, 6.07) is 21.0. The van der Waals surface area contributed by atoms with E-state index in [1.807, 2.05) is 48.5 Å². The van der Waals surface area contributed by atoms with Crippen LogP contribution in [0.5, 0.6) is 5.75 Å². The molecule has 0 aliphatic rings. The fourth-order valence-corrected chi connectivity index (χ4v) is 3.85. The molecule has 1 amide bonds. The van der Waals surface area contributed by atoms with Gasteiger partial charge in [-0.05, 0) is 83.2 Å². The number of hydrogen-bond acceptors (Lipinski definition) is 4. The molecule has 3 aromatic carbocycles. The van der Waals surface area contributed by atoms with Gasteiger partial charge >= 0.3 is 0 Å². The molecule has 170 valence electrons. The van der Waals surface area contributed by atoms with Crippen molar-refractivity contribution in [2.75, 3.05) is 5.32 Å². The summed E-state index contributed by atoms with van der Waals surface area (Å²) in [6.45, 7) is 9.98. The van der Waals surface area contributed by atoms with E-state index in [0.717, 1.165) is 10.0 Å². The van der Waals surface area contributed by atoms with Gasteiger partial charge in [0.05, 0.1) is 5.56 Å². The molecule has 0 radical (unpaired) electrons. The van der Waals surface area contributed by atoms with Crippen LogP contribution >= 0.6 is 15.9 Å². The molecule has 0 spiro atoms. The zero-order valence-corrected chi connectivity index (χ0v) is 21.0. The van der Waals surface area contributed by atoms with Gasteiger partial charge in [0.2, 0.25) is 5.89 Å². The van der Waals surface area contributed by atoms with E-state index in [1.165, 1.54) is 5.56 Å². The average molecular weight is 507 g/mol. The molecular weight excluding hydrogens is 480 g/mol. The Morgan fingerprint density at radius 2 is 1.67 bits per heavy atom. The maximum atomic E-state index is 13.0. The SMILES string of the molecule is CC(C)(Oc1ccc(C(C)(C)C)cc1)C(=O)Nc1ccc2oc(-c3ccccc3Br)nc2c1. The van der Waals surface area contributed by atoms with Crippen molar-refractivity contribution in [2.24, 2.45) is 0 Å². The quantitative estimate of drug-likeness (QED) is 0.307. The first-order valence-corrected chi connectivity index (χ1v) is 11.6. The highest BCUT2D eigenvalue weighted by molar-refractivity contribution is 9.10. The third-order valence-electron chi connectivity index (χ3n) is 5.39. The van der Waals surface area contributed by atoms with E-state index in [0.29, 0.717) is 28.4 Å². The van der Waals surface area contributed by atoms with Crippen molar-refractivity contribution in [2.45, 2.75) is 45.6 Å². The number of oxazole rings is 1. The summed E-state index contributed by atoms with van der Waals surface area (Å²) in [6.07, 6.45) is 0. The minimum atomic E-state index is -1.07. The van der Waals surface area contributed by atoms with Crippen LogP contribution in [0.1, 0.15) is 40.2 Å². The Morgan fingerprint density at radius 1 is 0.970 bits per heavy atom. The molecule has 4 aromatic rings. The summed E-state index contributed by atoms with van der Waals surface area (Å²) < 4.78 is 12.8. The van der Waals surface area contributed by atoms with Crippen molar-refractivity contribution >= 4 is 38.6 Å². The number of amides is 1. The number of rotatable bonds is 5. The third-order valence-corrected chi connectivity index (χ3v) is 6.08. The molecule has 5 nitrogen and oxygen atoms in total. The highest BCUT2D eigenvalue weighted by Crippen LogP contribution is 2.31. The second-order valence-corrected chi connectivity index (χ2v) is 10.4. The molecule has 1 aromatic heterocycles. The first-order chi connectivity index (χ1) is 15.5. The van der Waals surface area contributed by atoms with Crippen molar-refractivity contribution in [1.82, 2.24) is 4.98 Å². The fraction of sp³-hybridized carbons (Fsp3) is 0.259. The van der Waals surface area contributed by atoms with Crippen molar-refractivity contribution in [3.63, 3.8) is 0 Å². The predicted octanol–water partition coefficient (Wildman–Crippen LogP) is 7.35. The second kappa shape index (κ2) is 8.67. The molecule has 0 aliphatic carbocycles. The van der Waals surface area contributed by atoms with Crippen LogP contribution < -0.4 is 10.1 Å². The molecule has 0 bridgehead atoms. The minimum absolute atomic E-state index is 0.0572. The number of carbonyl (C=O) groups excluding carboxylic acids is 1. The average Bonchev–Trinajstić information content (AvgIpc) is 3.16. The Hall–Kier alpha value is -3.12. The van der Waals surface area contributed by atoms with E-state index in [1.54, 1.807) is 32.0 Å². The third kappa shape index (κ3) is 5.11. The van der Waals surface area contributed by atoms with Gasteiger partial charge in [-0.1, -0.05) is 45.0 Å². The Kier molecular flexibility index (Phi) is 6.06. The van der Waals surface area contributed by atoms with Gasteiger partial charge in [0.1, 0.15) is 11.3 Å². The van der Waals surface area contributed by atoms with E-state index in [2.05, 4.69) is 47.0 Å². The molecule has 0 aliphatic heterocycles. The van der Waals surface area contributed by atoms with Crippen LogP contribution in [0, 0.1) is 0 Å². The number of nitrogens with zero attached hydrogens (tertiary/aromatic N) is 1. The van der Waals surface area contributed by atoms with Crippen LogP contribution in [-0.4, -0.2) is 16.5 Å². The van der Waals surface area contributed by atoms with Gasteiger partial charge in [-0.2, -0.15) is 0 Å². The van der Waals surface area contributed by atoms with Gasteiger partial charge in [0.15, 0.2) is 11.2 Å². The summed E-state index contributed by atoms with van der Waals surface area (Å²) in [7, 11) is 0. The summed E-state index contributed by atoms with van der Waals surface area (Å²) in [5.74, 6) is 0.910. The number of ether oxygens (including phenoxy) is 1. The van der Waals surface area contributed by atoms with Crippen LogP contribution in [0.25, 0.3) is 22.6 Å². The van der Waals surface area contributed by atoms with Gasteiger partial charge < -0.3 is 14.5 Å². The van der Waals surface area contributed by atoms with Gasteiger partial charge in [0, 0.05) is 10.2 Å². The van der Waals surface area contributed by atoms with Gasteiger partial charge in [-0.25, -0.2) is 4.98 Å². The lowest BCUT2D eigenvalue weighted by Gasteiger charge is -2.26. The van der Waals surface area contributed by atoms with Crippen molar-refractivity contribution in [1.29, 1.82) is 0 Å². The van der Waals surface area contributed by atoms with Crippen LogP contribution in [0.3, 0.4) is 0 Å².